The van der Waals surface area contributed by atoms with Gasteiger partial charge in [-0.15, -0.1) is 10.2 Å². The van der Waals surface area contributed by atoms with Crippen molar-refractivity contribution >= 4 is 17.7 Å². The molecule has 0 fully saturated rings. The minimum absolute atomic E-state index is 0.441. The number of hydrogen-bond donors (Lipinski definition) is 1. The standard InChI is InChI=1S/C8H12N6S/c1-13-7(9)11-12-8(13)15-6-5-14-4-2-3-10-14/h2-4H,5-6H2,1H3,(H2,9,11). The Morgan fingerprint density at radius 1 is 1.47 bits per heavy atom. The van der Waals surface area contributed by atoms with Gasteiger partial charge in [-0.3, -0.25) is 9.25 Å². The van der Waals surface area contributed by atoms with Crippen LogP contribution in [0.15, 0.2) is 23.6 Å². The molecule has 0 aliphatic carbocycles. The molecule has 0 bridgehead atoms. The maximum atomic E-state index is 5.57. The zero-order valence-electron chi connectivity index (χ0n) is 8.37. The highest BCUT2D eigenvalue weighted by Gasteiger charge is 2.05. The summed E-state index contributed by atoms with van der Waals surface area (Å²) in [5.41, 5.74) is 5.57. The highest BCUT2D eigenvalue weighted by molar-refractivity contribution is 7.99. The number of rotatable bonds is 4. The molecule has 0 saturated carbocycles. The summed E-state index contributed by atoms with van der Waals surface area (Å²) in [5, 5.41) is 12.7. The van der Waals surface area contributed by atoms with Crippen molar-refractivity contribution in [1.29, 1.82) is 0 Å². The summed E-state index contributed by atoms with van der Waals surface area (Å²) >= 11 is 1.61. The van der Waals surface area contributed by atoms with Crippen LogP contribution in [-0.4, -0.2) is 30.3 Å². The lowest BCUT2D eigenvalue weighted by molar-refractivity contribution is 0.664. The molecule has 2 aromatic rings. The molecule has 2 aromatic heterocycles. The maximum absolute atomic E-state index is 5.57. The molecule has 80 valence electrons. The predicted molar refractivity (Wildman–Crippen MR) is 58.4 cm³/mol. The molecule has 0 aromatic carbocycles. The molecule has 2 heterocycles. The Balaban J connectivity index is 1.86. The molecule has 0 amide bonds. The fourth-order valence-electron chi connectivity index (χ4n) is 1.12. The Hall–Kier alpha value is -1.50. The lowest BCUT2D eigenvalue weighted by Crippen LogP contribution is -2.02. The van der Waals surface area contributed by atoms with E-state index in [2.05, 4.69) is 15.3 Å². The molecule has 2 rings (SSSR count). The van der Waals surface area contributed by atoms with Crippen molar-refractivity contribution in [2.45, 2.75) is 11.7 Å². The molecule has 0 atom stereocenters. The van der Waals surface area contributed by atoms with E-state index >= 15 is 0 Å². The molecular formula is C8H12N6S. The highest BCUT2D eigenvalue weighted by atomic mass is 32.2. The molecule has 2 N–H and O–H groups in total. The lowest BCUT2D eigenvalue weighted by atomic mass is 10.7. The minimum Gasteiger partial charge on any atom is -0.368 e. The van der Waals surface area contributed by atoms with Gasteiger partial charge in [0.1, 0.15) is 0 Å². The van der Waals surface area contributed by atoms with Gasteiger partial charge in [0.15, 0.2) is 5.16 Å². The fourth-order valence-corrected chi connectivity index (χ4v) is 1.96. The Kier molecular flexibility index (Phi) is 2.91. The molecule has 0 saturated heterocycles. The van der Waals surface area contributed by atoms with Gasteiger partial charge < -0.3 is 5.73 Å². The van der Waals surface area contributed by atoms with Gasteiger partial charge in [0.2, 0.25) is 5.95 Å². The summed E-state index contributed by atoms with van der Waals surface area (Å²) in [7, 11) is 1.85. The third-order valence-electron chi connectivity index (χ3n) is 1.98. The quantitative estimate of drug-likeness (QED) is 0.760. The van der Waals surface area contributed by atoms with Crippen molar-refractivity contribution in [3.8, 4) is 0 Å². The number of nitrogens with two attached hydrogens (primary N) is 1. The summed E-state index contributed by atoms with van der Waals surface area (Å²) < 4.78 is 3.65. The summed E-state index contributed by atoms with van der Waals surface area (Å²) in [6, 6.07) is 1.91. The van der Waals surface area contributed by atoms with Gasteiger partial charge in [0, 0.05) is 25.2 Å². The minimum atomic E-state index is 0.441. The van der Waals surface area contributed by atoms with Crippen LogP contribution in [0.4, 0.5) is 5.95 Å². The summed E-state index contributed by atoms with van der Waals surface area (Å²) in [5.74, 6) is 1.34. The first-order chi connectivity index (χ1) is 7.27. The van der Waals surface area contributed by atoms with Crippen molar-refractivity contribution in [2.75, 3.05) is 11.5 Å². The lowest BCUT2D eigenvalue weighted by Gasteiger charge is -2.01. The first-order valence-corrected chi connectivity index (χ1v) is 5.51. The van der Waals surface area contributed by atoms with Crippen LogP contribution in [0.1, 0.15) is 0 Å². The second-order valence-electron chi connectivity index (χ2n) is 3.02. The van der Waals surface area contributed by atoms with Gasteiger partial charge in [0.25, 0.3) is 0 Å². The number of aromatic nitrogens is 5. The topological polar surface area (TPSA) is 74.6 Å². The summed E-state index contributed by atoms with van der Waals surface area (Å²) in [4.78, 5) is 0. The van der Waals surface area contributed by atoms with Crippen LogP contribution >= 0.6 is 11.8 Å². The first kappa shape index (κ1) is 10.0. The van der Waals surface area contributed by atoms with E-state index in [1.165, 1.54) is 0 Å². The van der Waals surface area contributed by atoms with Crippen LogP contribution in [-0.2, 0) is 13.6 Å². The zero-order valence-corrected chi connectivity index (χ0v) is 9.18. The van der Waals surface area contributed by atoms with E-state index in [4.69, 9.17) is 5.73 Å². The number of nitrogens with zero attached hydrogens (tertiary/aromatic N) is 5. The van der Waals surface area contributed by atoms with Gasteiger partial charge in [-0.05, 0) is 6.07 Å². The molecule has 0 aliphatic rings. The number of nitrogen functional groups attached to an aromatic ring is 1. The van der Waals surface area contributed by atoms with Crippen LogP contribution < -0.4 is 5.73 Å². The predicted octanol–water partition coefficient (Wildman–Crippen LogP) is 0.386. The Labute approximate surface area is 91.5 Å². The van der Waals surface area contributed by atoms with Crippen LogP contribution in [0.3, 0.4) is 0 Å². The largest absolute Gasteiger partial charge is 0.368 e. The fraction of sp³-hybridized carbons (Fsp3) is 0.375. The van der Waals surface area contributed by atoms with Crippen molar-refractivity contribution in [1.82, 2.24) is 24.5 Å². The normalized spacial score (nSPS) is 10.7. The van der Waals surface area contributed by atoms with E-state index in [1.807, 2.05) is 24.0 Å². The van der Waals surface area contributed by atoms with Crippen LogP contribution in [0.5, 0.6) is 0 Å². The van der Waals surface area contributed by atoms with E-state index < -0.39 is 0 Å². The van der Waals surface area contributed by atoms with Crippen molar-refractivity contribution in [2.24, 2.45) is 7.05 Å². The molecular weight excluding hydrogens is 212 g/mol. The first-order valence-electron chi connectivity index (χ1n) is 4.52. The van der Waals surface area contributed by atoms with Gasteiger partial charge >= 0.3 is 0 Å². The summed E-state index contributed by atoms with van der Waals surface area (Å²) in [6.45, 7) is 0.852. The number of hydrogen-bond acceptors (Lipinski definition) is 5. The van der Waals surface area contributed by atoms with E-state index in [-0.39, 0.29) is 0 Å². The van der Waals surface area contributed by atoms with E-state index in [1.54, 1.807) is 22.5 Å². The molecule has 7 heteroatoms. The zero-order chi connectivity index (χ0) is 10.7. The van der Waals surface area contributed by atoms with Gasteiger partial charge in [-0.1, -0.05) is 11.8 Å². The van der Waals surface area contributed by atoms with Crippen molar-refractivity contribution in [3.63, 3.8) is 0 Å². The van der Waals surface area contributed by atoms with Crippen LogP contribution in [0.2, 0.25) is 0 Å². The third kappa shape index (κ3) is 2.30. The summed E-state index contributed by atoms with van der Waals surface area (Å²) in [6.07, 6.45) is 3.70. The molecule has 6 nitrogen and oxygen atoms in total. The average molecular weight is 224 g/mol. The third-order valence-corrected chi connectivity index (χ3v) is 2.98. The highest BCUT2D eigenvalue weighted by Crippen LogP contribution is 2.16. The monoisotopic (exact) mass is 224 g/mol. The van der Waals surface area contributed by atoms with E-state index in [0.29, 0.717) is 5.95 Å². The van der Waals surface area contributed by atoms with Crippen LogP contribution in [0.25, 0.3) is 0 Å². The second-order valence-corrected chi connectivity index (χ2v) is 4.08. The average Bonchev–Trinajstić information content (AvgIpc) is 2.83. The molecule has 0 spiro atoms. The molecule has 0 radical (unpaired) electrons. The Morgan fingerprint density at radius 3 is 2.93 bits per heavy atom. The van der Waals surface area contributed by atoms with Crippen LogP contribution in [0, 0.1) is 0 Å². The van der Waals surface area contributed by atoms with Crippen molar-refractivity contribution in [3.05, 3.63) is 18.5 Å². The molecule has 15 heavy (non-hydrogen) atoms. The number of anilines is 1. The maximum Gasteiger partial charge on any atom is 0.222 e. The molecule has 0 aliphatic heterocycles. The van der Waals surface area contributed by atoms with Gasteiger partial charge in [-0.25, -0.2) is 0 Å². The second kappa shape index (κ2) is 4.35. The Bertz CT molecular complexity index is 420. The Morgan fingerprint density at radius 2 is 2.33 bits per heavy atom. The number of aryl methyl sites for hydroxylation is 1. The number of thioether (sulfide) groups is 1. The SMILES string of the molecule is Cn1c(N)nnc1SCCn1cccn1. The molecule has 0 unspecified atom stereocenters. The van der Waals surface area contributed by atoms with E-state index in [9.17, 15) is 0 Å². The van der Waals surface area contributed by atoms with Gasteiger partial charge in [-0.2, -0.15) is 5.10 Å². The van der Waals surface area contributed by atoms with Crippen molar-refractivity contribution < 1.29 is 0 Å². The smallest absolute Gasteiger partial charge is 0.222 e. The van der Waals surface area contributed by atoms with E-state index in [0.717, 1.165) is 17.5 Å². The van der Waals surface area contributed by atoms with Gasteiger partial charge in [0.05, 0.1) is 6.54 Å².